The molecule has 0 radical (unpaired) electrons. The third kappa shape index (κ3) is 2.86. The van der Waals surface area contributed by atoms with Crippen LogP contribution in [0.2, 0.25) is 0 Å². The van der Waals surface area contributed by atoms with Gasteiger partial charge in [-0.2, -0.15) is 0 Å². The molecule has 0 N–H and O–H groups in total. The maximum atomic E-state index is 10.2. The molecule has 1 heterocycles. The van der Waals surface area contributed by atoms with Gasteiger partial charge < -0.3 is 14.4 Å². The number of amides is 1. The molecule has 0 atom stereocenters. The fourth-order valence-corrected chi connectivity index (χ4v) is 0.936. The summed E-state index contributed by atoms with van der Waals surface area (Å²) in [6.45, 7) is 2.04. The molecule has 0 saturated carbocycles. The van der Waals surface area contributed by atoms with Crippen LogP contribution in [0.3, 0.4) is 0 Å². The van der Waals surface area contributed by atoms with Gasteiger partial charge in [0.1, 0.15) is 0 Å². The van der Waals surface area contributed by atoms with Gasteiger partial charge in [-0.25, -0.2) is 0 Å². The number of carbonyl (C=O) groups excluding carboxylic acids is 1. The van der Waals surface area contributed by atoms with Crippen molar-refractivity contribution in [3.8, 4) is 0 Å². The molecule has 0 unspecified atom stereocenters. The van der Waals surface area contributed by atoms with Crippen LogP contribution in [0.15, 0.2) is 0 Å². The normalized spacial score (nSPS) is 18.6. The first-order valence-corrected chi connectivity index (χ1v) is 3.71. The van der Waals surface area contributed by atoms with Gasteiger partial charge in [0.2, 0.25) is 6.41 Å². The molecule has 1 saturated heterocycles. The topological polar surface area (TPSA) is 38.8 Å². The lowest BCUT2D eigenvalue weighted by atomic mass is 10.4. The highest BCUT2D eigenvalue weighted by atomic mass is 16.7. The average Bonchev–Trinajstić information content (AvgIpc) is 2.52. The molecule has 1 rings (SSSR count). The van der Waals surface area contributed by atoms with Crippen molar-refractivity contribution in [2.45, 2.75) is 12.7 Å². The van der Waals surface area contributed by atoms with Crippen molar-refractivity contribution < 1.29 is 14.3 Å². The largest absolute Gasteiger partial charge is 0.350 e. The Kier molecular flexibility index (Phi) is 3.32. The van der Waals surface area contributed by atoms with Gasteiger partial charge in [-0.05, 0) is 0 Å². The van der Waals surface area contributed by atoms with Gasteiger partial charge in [0.15, 0.2) is 6.29 Å². The fourth-order valence-electron chi connectivity index (χ4n) is 0.936. The molecule has 0 aromatic carbocycles. The highest BCUT2D eigenvalue weighted by Crippen LogP contribution is 2.07. The van der Waals surface area contributed by atoms with Crippen LogP contribution in [0, 0.1) is 0 Å². The summed E-state index contributed by atoms with van der Waals surface area (Å²) >= 11 is 0. The smallest absolute Gasteiger partial charge is 0.209 e. The summed E-state index contributed by atoms with van der Waals surface area (Å²) in [5.41, 5.74) is 0. The second kappa shape index (κ2) is 4.31. The van der Waals surface area contributed by atoms with Crippen molar-refractivity contribution in [1.29, 1.82) is 0 Å². The van der Waals surface area contributed by atoms with E-state index in [-0.39, 0.29) is 6.29 Å². The molecule has 11 heavy (non-hydrogen) atoms. The molecule has 0 aliphatic carbocycles. The highest BCUT2D eigenvalue weighted by molar-refractivity contribution is 5.46. The lowest BCUT2D eigenvalue weighted by Crippen LogP contribution is -2.22. The predicted octanol–water partition coefficient (Wildman–Crippen LogP) is -0.162. The standard InChI is InChI=1S/C7H13NO3/c1-8(6-9)3-2-7-10-4-5-11-7/h6-7H,2-5H2,1H3. The van der Waals surface area contributed by atoms with Gasteiger partial charge in [0.25, 0.3) is 0 Å². The van der Waals surface area contributed by atoms with Crippen LogP contribution >= 0.6 is 0 Å². The molecule has 0 bridgehead atoms. The van der Waals surface area contributed by atoms with Crippen LogP contribution in [0.25, 0.3) is 0 Å². The third-order valence-corrected chi connectivity index (χ3v) is 1.59. The second-order valence-electron chi connectivity index (χ2n) is 2.55. The lowest BCUT2D eigenvalue weighted by molar-refractivity contribution is -0.118. The number of rotatable bonds is 4. The highest BCUT2D eigenvalue weighted by Gasteiger charge is 2.15. The number of nitrogens with zero attached hydrogens (tertiary/aromatic N) is 1. The van der Waals surface area contributed by atoms with Gasteiger partial charge >= 0.3 is 0 Å². The Morgan fingerprint density at radius 2 is 2.18 bits per heavy atom. The molecular weight excluding hydrogens is 146 g/mol. The quantitative estimate of drug-likeness (QED) is 0.535. The molecule has 1 aliphatic heterocycles. The fraction of sp³-hybridized carbons (Fsp3) is 0.857. The SMILES string of the molecule is CN(C=O)CCC1OCCO1. The molecule has 1 amide bonds. The zero-order valence-corrected chi connectivity index (χ0v) is 6.66. The Bertz CT molecular complexity index is 123. The molecule has 4 heteroatoms. The zero-order chi connectivity index (χ0) is 8.10. The Balaban J connectivity index is 2.06. The minimum atomic E-state index is -0.0996. The minimum absolute atomic E-state index is 0.0996. The minimum Gasteiger partial charge on any atom is -0.350 e. The monoisotopic (exact) mass is 159 g/mol. The van der Waals surface area contributed by atoms with Crippen LogP contribution in [0.4, 0.5) is 0 Å². The van der Waals surface area contributed by atoms with Crippen molar-refractivity contribution in [3.63, 3.8) is 0 Å². The summed E-state index contributed by atoms with van der Waals surface area (Å²) in [5, 5.41) is 0. The Morgan fingerprint density at radius 1 is 1.55 bits per heavy atom. The van der Waals surface area contributed by atoms with Gasteiger partial charge in [0.05, 0.1) is 13.2 Å². The van der Waals surface area contributed by atoms with Gasteiger partial charge in [0, 0.05) is 20.0 Å². The number of carbonyl (C=O) groups is 1. The zero-order valence-electron chi connectivity index (χ0n) is 6.66. The Labute approximate surface area is 66.1 Å². The van der Waals surface area contributed by atoms with E-state index < -0.39 is 0 Å². The first kappa shape index (κ1) is 8.49. The molecule has 1 aliphatic rings. The summed E-state index contributed by atoms with van der Waals surface area (Å²) in [4.78, 5) is 11.7. The lowest BCUT2D eigenvalue weighted by Gasteiger charge is -2.13. The van der Waals surface area contributed by atoms with Gasteiger partial charge in [-0.15, -0.1) is 0 Å². The molecule has 0 aromatic rings. The van der Waals surface area contributed by atoms with Crippen molar-refractivity contribution in [3.05, 3.63) is 0 Å². The molecular formula is C7H13NO3. The van der Waals surface area contributed by atoms with E-state index in [2.05, 4.69) is 0 Å². The van der Waals surface area contributed by atoms with E-state index in [0.29, 0.717) is 19.8 Å². The second-order valence-corrected chi connectivity index (χ2v) is 2.55. The van der Waals surface area contributed by atoms with E-state index in [1.54, 1.807) is 11.9 Å². The number of hydrogen-bond acceptors (Lipinski definition) is 3. The van der Waals surface area contributed by atoms with Gasteiger partial charge in [-0.1, -0.05) is 0 Å². The summed E-state index contributed by atoms with van der Waals surface area (Å²) in [5.74, 6) is 0. The number of ether oxygens (including phenoxy) is 2. The van der Waals surface area contributed by atoms with Crippen LogP contribution in [-0.2, 0) is 14.3 Å². The van der Waals surface area contributed by atoms with Crippen LogP contribution < -0.4 is 0 Å². The average molecular weight is 159 g/mol. The van der Waals surface area contributed by atoms with Crippen LogP contribution in [0.1, 0.15) is 6.42 Å². The summed E-state index contributed by atoms with van der Waals surface area (Å²) in [6.07, 6.45) is 1.46. The summed E-state index contributed by atoms with van der Waals surface area (Å²) < 4.78 is 10.4. The molecule has 1 fully saturated rings. The summed E-state index contributed by atoms with van der Waals surface area (Å²) in [6, 6.07) is 0. The summed E-state index contributed by atoms with van der Waals surface area (Å²) in [7, 11) is 1.74. The van der Waals surface area contributed by atoms with E-state index in [4.69, 9.17) is 9.47 Å². The van der Waals surface area contributed by atoms with E-state index in [1.165, 1.54) is 0 Å². The van der Waals surface area contributed by atoms with Crippen molar-refractivity contribution in [1.82, 2.24) is 4.90 Å². The van der Waals surface area contributed by atoms with E-state index in [0.717, 1.165) is 12.8 Å². The molecule has 64 valence electrons. The Morgan fingerprint density at radius 3 is 2.73 bits per heavy atom. The van der Waals surface area contributed by atoms with E-state index >= 15 is 0 Å². The van der Waals surface area contributed by atoms with Crippen molar-refractivity contribution >= 4 is 6.41 Å². The first-order valence-electron chi connectivity index (χ1n) is 3.71. The van der Waals surface area contributed by atoms with Gasteiger partial charge in [-0.3, -0.25) is 4.79 Å². The molecule has 0 spiro atoms. The number of hydrogen-bond donors (Lipinski definition) is 0. The first-order chi connectivity index (χ1) is 5.33. The molecule has 4 nitrogen and oxygen atoms in total. The van der Waals surface area contributed by atoms with E-state index in [1.807, 2.05) is 0 Å². The maximum Gasteiger partial charge on any atom is 0.209 e. The maximum absolute atomic E-state index is 10.2. The van der Waals surface area contributed by atoms with Crippen molar-refractivity contribution in [2.24, 2.45) is 0 Å². The van der Waals surface area contributed by atoms with E-state index in [9.17, 15) is 4.79 Å². The predicted molar refractivity (Wildman–Crippen MR) is 39.0 cm³/mol. The Hall–Kier alpha value is -0.610. The van der Waals surface area contributed by atoms with Crippen LogP contribution in [-0.4, -0.2) is 44.4 Å². The van der Waals surface area contributed by atoms with Crippen molar-refractivity contribution in [2.75, 3.05) is 26.8 Å². The molecule has 0 aromatic heterocycles. The van der Waals surface area contributed by atoms with Crippen LogP contribution in [0.5, 0.6) is 0 Å². The third-order valence-electron chi connectivity index (χ3n) is 1.59.